The average molecular weight is 1020 g/mol. The molecular formula is C66H74N6O4. The van der Waals surface area contributed by atoms with Crippen LogP contribution in [0, 0.1) is 13.8 Å². The second kappa shape index (κ2) is 27.9. The summed E-state index contributed by atoms with van der Waals surface area (Å²) in [5.74, 6) is 1.78. The van der Waals surface area contributed by atoms with Gasteiger partial charge in [-0.15, -0.1) is 0 Å². The number of carbonyl (C=O) groups is 2. The molecule has 0 fully saturated rings. The summed E-state index contributed by atoms with van der Waals surface area (Å²) < 4.78 is 12.0. The van der Waals surface area contributed by atoms with E-state index in [1.54, 1.807) is 50.1 Å². The topological polar surface area (TPSA) is 116 Å². The van der Waals surface area contributed by atoms with E-state index >= 15 is 0 Å². The number of nitrogens with zero attached hydrogens (tertiary/aromatic N) is 4. The lowest BCUT2D eigenvalue weighted by molar-refractivity contribution is -0.124. The minimum Gasteiger partial charge on any atom is -0.494 e. The normalized spacial score (nSPS) is 12.1. The Kier molecular flexibility index (Phi) is 20.4. The Morgan fingerprint density at radius 1 is 0.500 bits per heavy atom. The van der Waals surface area contributed by atoms with Crippen molar-refractivity contribution in [3.8, 4) is 11.5 Å². The van der Waals surface area contributed by atoms with Crippen LogP contribution in [0.1, 0.15) is 110 Å². The average Bonchev–Trinajstić information content (AvgIpc) is 4.12. The van der Waals surface area contributed by atoms with Crippen molar-refractivity contribution in [3.05, 3.63) is 215 Å². The molecule has 10 heteroatoms. The number of aromatic amines is 2. The number of hydrogen-bond acceptors (Lipinski definition) is 6. The number of aromatic nitrogens is 4. The molecule has 0 aliphatic carbocycles. The van der Waals surface area contributed by atoms with E-state index in [2.05, 4.69) is 182 Å². The Hall–Kier alpha value is -8.24. The molecule has 0 bridgehead atoms. The van der Waals surface area contributed by atoms with Crippen LogP contribution in [0.15, 0.2) is 170 Å². The number of likely N-dealkylation sites (N-methyl/N-ethyl adjacent to an activating group) is 2. The zero-order valence-corrected chi connectivity index (χ0v) is 45.7. The van der Waals surface area contributed by atoms with Crippen LogP contribution >= 0.6 is 0 Å². The van der Waals surface area contributed by atoms with Crippen molar-refractivity contribution < 1.29 is 19.1 Å². The lowest BCUT2D eigenvalue weighted by Gasteiger charge is -2.18. The first-order chi connectivity index (χ1) is 36.9. The number of H-pyrrole nitrogens is 2. The molecule has 392 valence electrons. The highest BCUT2D eigenvalue weighted by molar-refractivity contribution is 6.02. The number of amides is 2. The van der Waals surface area contributed by atoms with Gasteiger partial charge in [0.2, 0.25) is 11.8 Å². The number of benzene rings is 6. The smallest absolute Gasteiger partial charge is 0.245 e. The summed E-state index contributed by atoms with van der Waals surface area (Å²) in [6, 6.07) is 47.1. The molecule has 10 nitrogen and oxygen atoms in total. The number of allylic oxidation sites excluding steroid dienone is 4. The predicted octanol–water partition coefficient (Wildman–Crippen LogP) is 14.9. The molecule has 76 heavy (non-hydrogen) atoms. The minimum absolute atomic E-state index is 0.0214. The van der Waals surface area contributed by atoms with Crippen LogP contribution in [0.4, 0.5) is 0 Å². The fourth-order valence-corrected chi connectivity index (χ4v) is 9.26. The molecule has 2 N–H and O–H groups in total. The van der Waals surface area contributed by atoms with Gasteiger partial charge in [-0.1, -0.05) is 111 Å². The summed E-state index contributed by atoms with van der Waals surface area (Å²) in [5, 5.41) is 16.7. The first-order valence-corrected chi connectivity index (χ1v) is 26.6. The van der Waals surface area contributed by atoms with Gasteiger partial charge in [0.1, 0.15) is 11.5 Å². The summed E-state index contributed by atoms with van der Waals surface area (Å²) in [6.45, 7) is 10.1. The fourth-order valence-electron chi connectivity index (χ4n) is 9.26. The van der Waals surface area contributed by atoms with E-state index in [4.69, 9.17) is 9.47 Å². The van der Waals surface area contributed by atoms with Crippen molar-refractivity contribution in [2.24, 2.45) is 0 Å². The van der Waals surface area contributed by atoms with Crippen LogP contribution < -0.4 is 9.47 Å². The largest absolute Gasteiger partial charge is 0.494 e. The molecule has 8 aromatic rings. The van der Waals surface area contributed by atoms with E-state index in [1.807, 2.05) is 24.5 Å². The van der Waals surface area contributed by atoms with E-state index in [-0.39, 0.29) is 11.8 Å². The van der Waals surface area contributed by atoms with Crippen LogP contribution in [-0.2, 0) is 9.59 Å². The molecule has 0 aliphatic rings. The number of nitrogens with one attached hydrogen (secondary N) is 2. The van der Waals surface area contributed by atoms with Gasteiger partial charge in [0.05, 0.1) is 36.6 Å². The third kappa shape index (κ3) is 15.0. The Morgan fingerprint density at radius 2 is 0.882 bits per heavy atom. The molecule has 0 unspecified atom stereocenters. The summed E-state index contributed by atoms with van der Waals surface area (Å²) in [4.78, 5) is 26.3. The maximum Gasteiger partial charge on any atom is 0.245 e. The lowest BCUT2D eigenvalue weighted by atomic mass is 9.86. The molecule has 0 spiro atoms. The predicted molar refractivity (Wildman–Crippen MR) is 314 cm³/mol. The van der Waals surface area contributed by atoms with Gasteiger partial charge in [-0.25, -0.2) is 0 Å². The molecule has 2 aromatic heterocycles. The van der Waals surface area contributed by atoms with Crippen LogP contribution in [0.5, 0.6) is 11.5 Å². The van der Waals surface area contributed by atoms with Gasteiger partial charge in [-0.3, -0.25) is 19.8 Å². The summed E-state index contributed by atoms with van der Waals surface area (Å²) >= 11 is 0. The number of rotatable bonds is 22. The van der Waals surface area contributed by atoms with Gasteiger partial charge in [-0.05, 0) is 193 Å². The van der Waals surface area contributed by atoms with Crippen molar-refractivity contribution in [2.45, 2.75) is 79.1 Å². The van der Waals surface area contributed by atoms with E-state index < -0.39 is 0 Å². The summed E-state index contributed by atoms with van der Waals surface area (Å²) in [7, 11) is 7.03. The zero-order chi connectivity index (χ0) is 53.8. The monoisotopic (exact) mass is 1010 g/mol. The Balaban J connectivity index is 0.000000221. The van der Waals surface area contributed by atoms with Crippen molar-refractivity contribution in [1.29, 1.82) is 0 Å². The molecule has 0 saturated heterocycles. The van der Waals surface area contributed by atoms with Gasteiger partial charge in [0.15, 0.2) is 0 Å². The Morgan fingerprint density at radius 3 is 1.25 bits per heavy atom. The molecule has 2 amide bonds. The van der Waals surface area contributed by atoms with E-state index in [9.17, 15) is 9.59 Å². The second-order valence-electron chi connectivity index (χ2n) is 19.4. The van der Waals surface area contributed by atoms with Crippen molar-refractivity contribution in [2.75, 3.05) is 41.4 Å². The van der Waals surface area contributed by atoms with Crippen LogP contribution in [0.25, 0.3) is 44.1 Å². The van der Waals surface area contributed by atoms with Crippen LogP contribution in [-0.4, -0.2) is 83.4 Å². The van der Waals surface area contributed by atoms with Gasteiger partial charge in [0.25, 0.3) is 0 Å². The Bertz CT molecular complexity index is 3080. The number of carbonyl (C=O) groups excluding carboxylic acids is 2. The van der Waals surface area contributed by atoms with E-state index in [0.717, 1.165) is 95.8 Å². The van der Waals surface area contributed by atoms with Gasteiger partial charge < -0.3 is 19.3 Å². The summed E-state index contributed by atoms with van der Waals surface area (Å²) in [6.07, 6.45) is 18.3. The quantitative estimate of drug-likeness (QED) is 0.0397. The maximum atomic E-state index is 11.6. The first-order valence-electron chi connectivity index (χ1n) is 26.6. The highest BCUT2D eigenvalue weighted by Gasteiger charge is 2.18. The first kappa shape index (κ1) is 55.5. The molecule has 6 aromatic carbocycles. The van der Waals surface area contributed by atoms with E-state index in [0.29, 0.717) is 13.2 Å². The highest BCUT2D eigenvalue weighted by Crippen LogP contribution is 2.39. The molecule has 2 heterocycles. The van der Waals surface area contributed by atoms with E-state index in [1.165, 1.54) is 55.7 Å². The number of fused-ring (bicyclic) bond motifs is 2. The SMILES string of the molecule is CC/C(=C(/c1ccc(OCCCC/C=C/C(=O)N(C)C)cc1)c1ccc2[nH]ncc2c1)c1ccccc1C.CC/C(=C(/c1ccc(OCCCC/C=C/C(=O)N(C)C)cc1)c1ccc2[nH]ncc2c1)c1ccccc1C. The minimum atomic E-state index is 0.0214. The van der Waals surface area contributed by atoms with Gasteiger partial charge >= 0.3 is 0 Å². The van der Waals surface area contributed by atoms with Crippen molar-refractivity contribution >= 4 is 55.9 Å². The molecule has 0 atom stereocenters. The molecule has 8 rings (SSSR count). The van der Waals surface area contributed by atoms with Gasteiger partial charge in [-0.2, -0.15) is 10.2 Å². The number of unbranched alkanes of at least 4 members (excludes halogenated alkanes) is 4. The van der Waals surface area contributed by atoms with Crippen molar-refractivity contribution in [1.82, 2.24) is 30.2 Å². The Labute approximate surface area is 449 Å². The lowest BCUT2D eigenvalue weighted by Crippen LogP contribution is -2.18. The fraction of sp³-hybridized carbons (Fsp3) is 0.273. The second-order valence-corrected chi connectivity index (χ2v) is 19.4. The number of hydrogen-bond donors (Lipinski definition) is 2. The highest BCUT2D eigenvalue weighted by atomic mass is 16.5. The van der Waals surface area contributed by atoms with Crippen molar-refractivity contribution in [3.63, 3.8) is 0 Å². The third-order valence-corrected chi connectivity index (χ3v) is 13.5. The number of ether oxygens (including phenoxy) is 2. The molecular weight excluding hydrogens is 941 g/mol. The standard InChI is InChI=1S/2C33H37N3O2/c2*1-5-29(30-13-10-9-12-24(30)2)33(26-17-20-31-27(22-26)23-34-35-31)25-15-18-28(19-16-25)38-21-11-7-6-8-14-32(37)36(3)4/h2*8-10,12-20,22-23H,5-7,11,21H2,1-4H3,(H,34,35)/b2*14-8+,33-29+. The third-order valence-electron chi connectivity index (χ3n) is 13.5. The zero-order valence-electron chi connectivity index (χ0n) is 45.7. The molecule has 0 aliphatic heterocycles. The van der Waals surface area contributed by atoms with Gasteiger partial charge in [0, 0.05) is 39.0 Å². The number of aryl methyl sites for hydroxylation is 2. The summed E-state index contributed by atoms with van der Waals surface area (Å²) in [5.41, 5.74) is 16.9. The maximum absolute atomic E-state index is 11.6. The molecule has 0 radical (unpaired) electrons. The van der Waals surface area contributed by atoms with Crippen LogP contribution in [0.3, 0.4) is 0 Å². The molecule has 0 saturated carbocycles. The van der Waals surface area contributed by atoms with Crippen LogP contribution in [0.2, 0.25) is 0 Å².